The number of anilines is 2. The predicted octanol–water partition coefficient (Wildman–Crippen LogP) is 2.08. The van der Waals surface area contributed by atoms with Gasteiger partial charge < -0.3 is 5.43 Å². The van der Waals surface area contributed by atoms with Gasteiger partial charge in [-0.25, -0.2) is 8.42 Å². The summed E-state index contributed by atoms with van der Waals surface area (Å²) in [7, 11) is -3.66. The van der Waals surface area contributed by atoms with Crippen LogP contribution in [0.2, 0.25) is 0 Å². The van der Waals surface area contributed by atoms with E-state index in [9.17, 15) is 8.42 Å². The number of rotatable bonds is 4. The van der Waals surface area contributed by atoms with E-state index in [2.05, 4.69) is 10.1 Å². The molecule has 6 heteroatoms. The van der Waals surface area contributed by atoms with Crippen LogP contribution in [0.25, 0.3) is 0 Å². The van der Waals surface area contributed by atoms with Gasteiger partial charge in [-0.05, 0) is 31.2 Å². The van der Waals surface area contributed by atoms with Crippen molar-refractivity contribution >= 4 is 21.4 Å². The molecule has 2 aromatic carbocycles. The van der Waals surface area contributed by atoms with Gasteiger partial charge in [-0.2, -0.15) is 0 Å². The Kier molecular flexibility index (Phi) is 3.73. The lowest BCUT2D eigenvalue weighted by Crippen LogP contribution is -2.17. The van der Waals surface area contributed by atoms with Crippen molar-refractivity contribution in [2.75, 3.05) is 10.1 Å². The molecule has 0 unspecified atom stereocenters. The first kappa shape index (κ1) is 13.4. The highest BCUT2D eigenvalue weighted by Gasteiger charge is 2.17. The Morgan fingerprint density at radius 2 is 1.63 bits per heavy atom. The minimum absolute atomic E-state index is 0.109. The topological polar surface area (TPSA) is 84.2 Å². The third-order valence-electron chi connectivity index (χ3n) is 2.64. The first-order valence-electron chi connectivity index (χ1n) is 5.68. The van der Waals surface area contributed by atoms with Gasteiger partial charge in [-0.3, -0.25) is 10.6 Å². The van der Waals surface area contributed by atoms with E-state index in [-0.39, 0.29) is 4.90 Å². The van der Waals surface area contributed by atoms with E-state index in [1.165, 1.54) is 6.07 Å². The van der Waals surface area contributed by atoms with Gasteiger partial charge in [0.15, 0.2) is 0 Å². The fourth-order valence-electron chi connectivity index (χ4n) is 1.65. The molecule has 4 N–H and O–H groups in total. The van der Waals surface area contributed by atoms with Crippen molar-refractivity contribution in [2.24, 2.45) is 5.84 Å². The van der Waals surface area contributed by atoms with E-state index >= 15 is 0 Å². The van der Waals surface area contributed by atoms with E-state index < -0.39 is 10.0 Å². The van der Waals surface area contributed by atoms with Crippen molar-refractivity contribution in [3.05, 3.63) is 54.1 Å². The normalized spacial score (nSPS) is 11.1. The third kappa shape index (κ3) is 3.04. The van der Waals surface area contributed by atoms with E-state index in [1.807, 2.05) is 19.1 Å². The largest absolute Gasteiger partial charge is 0.323 e. The molecular weight excluding hydrogens is 262 g/mol. The van der Waals surface area contributed by atoms with Crippen molar-refractivity contribution in [3.63, 3.8) is 0 Å². The second-order valence-corrected chi connectivity index (χ2v) is 5.76. The number of hydrazine groups is 1. The second-order valence-electron chi connectivity index (χ2n) is 4.11. The zero-order chi connectivity index (χ0) is 13.9. The summed E-state index contributed by atoms with van der Waals surface area (Å²) in [5, 5.41) is 0. The van der Waals surface area contributed by atoms with Crippen LogP contribution in [0, 0.1) is 6.92 Å². The number of para-hydroxylation sites is 1. The smallest absolute Gasteiger partial charge is 0.264 e. The average Bonchev–Trinajstić information content (AvgIpc) is 2.41. The zero-order valence-electron chi connectivity index (χ0n) is 10.4. The van der Waals surface area contributed by atoms with Gasteiger partial charge in [0.25, 0.3) is 10.0 Å². The van der Waals surface area contributed by atoms with Gasteiger partial charge in [0.1, 0.15) is 4.90 Å². The lowest BCUT2D eigenvalue weighted by molar-refractivity contribution is 0.601. The molecule has 0 bridgehead atoms. The Labute approximate surface area is 112 Å². The number of aryl methyl sites for hydroxylation is 1. The molecule has 0 atom stereocenters. The number of nitrogens with two attached hydrogens (primary N) is 1. The quantitative estimate of drug-likeness (QED) is 0.590. The average molecular weight is 277 g/mol. The van der Waals surface area contributed by atoms with E-state index in [4.69, 9.17) is 5.84 Å². The summed E-state index contributed by atoms with van der Waals surface area (Å²) in [6.07, 6.45) is 0. The minimum Gasteiger partial charge on any atom is -0.323 e. The molecule has 0 aromatic heterocycles. The minimum atomic E-state index is -3.66. The van der Waals surface area contributed by atoms with Crippen LogP contribution >= 0.6 is 0 Å². The second kappa shape index (κ2) is 5.29. The van der Waals surface area contributed by atoms with Gasteiger partial charge in [0.2, 0.25) is 0 Å². The van der Waals surface area contributed by atoms with Gasteiger partial charge in [0, 0.05) is 5.69 Å². The van der Waals surface area contributed by atoms with Crippen molar-refractivity contribution in [1.82, 2.24) is 0 Å². The highest BCUT2D eigenvalue weighted by atomic mass is 32.2. The van der Waals surface area contributed by atoms with Crippen molar-refractivity contribution in [3.8, 4) is 0 Å². The standard InChI is InChI=1S/C13H15N3O2S/c1-10-6-8-11(9-7-10)16-19(17,18)13-5-3-2-4-12(13)15-14/h2-9,15-16H,14H2,1H3. The summed E-state index contributed by atoms with van der Waals surface area (Å²) in [5.74, 6) is 5.32. The molecule has 19 heavy (non-hydrogen) atoms. The first-order valence-corrected chi connectivity index (χ1v) is 7.16. The van der Waals surface area contributed by atoms with Gasteiger partial charge in [-0.15, -0.1) is 0 Å². The van der Waals surface area contributed by atoms with Gasteiger partial charge in [-0.1, -0.05) is 29.8 Å². The van der Waals surface area contributed by atoms with Gasteiger partial charge in [0.05, 0.1) is 5.69 Å². The Morgan fingerprint density at radius 1 is 1.00 bits per heavy atom. The molecule has 2 rings (SSSR count). The van der Waals surface area contributed by atoms with Crippen LogP contribution in [0.4, 0.5) is 11.4 Å². The fraction of sp³-hybridized carbons (Fsp3) is 0.0769. The van der Waals surface area contributed by atoms with Crippen molar-refractivity contribution in [1.29, 1.82) is 0 Å². The molecule has 0 aliphatic heterocycles. The first-order chi connectivity index (χ1) is 9.03. The van der Waals surface area contributed by atoms with Crippen LogP contribution in [0.5, 0.6) is 0 Å². The fourth-order valence-corrected chi connectivity index (χ4v) is 2.88. The van der Waals surface area contributed by atoms with Crippen molar-refractivity contribution < 1.29 is 8.42 Å². The highest BCUT2D eigenvalue weighted by molar-refractivity contribution is 7.92. The maximum Gasteiger partial charge on any atom is 0.264 e. The van der Waals surface area contributed by atoms with Crippen LogP contribution in [-0.4, -0.2) is 8.42 Å². The summed E-state index contributed by atoms with van der Waals surface area (Å²) in [6, 6.07) is 13.5. The molecule has 0 spiro atoms. The van der Waals surface area contributed by atoms with Crippen LogP contribution in [-0.2, 0) is 10.0 Å². The molecule has 0 heterocycles. The van der Waals surface area contributed by atoms with Crippen LogP contribution in [0.3, 0.4) is 0 Å². The molecule has 0 amide bonds. The molecule has 0 saturated heterocycles. The maximum atomic E-state index is 12.3. The summed E-state index contributed by atoms with van der Waals surface area (Å²) >= 11 is 0. The molecule has 5 nitrogen and oxygen atoms in total. The van der Waals surface area contributed by atoms with Crippen LogP contribution < -0.4 is 16.0 Å². The number of hydrogen-bond acceptors (Lipinski definition) is 4. The lowest BCUT2D eigenvalue weighted by atomic mass is 10.2. The molecule has 0 radical (unpaired) electrons. The molecule has 0 fully saturated rings. The molecule has 0 aliphatic carbocycles. The summed E-state index contributed by atoms with van der Waals surface area (Å²) in [4.78, 5) is 0.109. The van der Waals surface area contributed by atoms with E-state index in [0.717, 1.165) is 5.56 Å². The monoisotopic (exact) mass is 277 g/mol. The van der Waals surface area contributed by atoms with E-state index in [0.29, 0.717) is 11.4 Å². The maximum absolute atomic E-state index is 12.3. The Bertz CT molecular complexity index is 667. The highest BCUT2D eigenvalue weighted by Crippen LogP contribution is 2.22. The third-order valence-corrected chi connectivity index (χ3v) is 4.08. The molecule has 0 saturated carbocycles. The predicted molar refractivity (Wildman–Crippen MR) is 76.2 cm³/mol. The number of nitrogen functional groups attached to an aromatic ring is 1. The van der Waals surface area contributed by atoms with E-state index in [1.54, 1.807) is 30.3 Å². The molecule has 2 aromatic rings. The molecule has 0 aliphatic rings. The Balaban J connectivity index is 2.35. The number of sulfonamides is 1. The summed E-state index contributed by atoms with van der Waals surface area (Å²) in [6.45, 7) is 1.94. The van der Waals surface area contributed by atoms with Crippen LogP contribution in [0.15, 0.2) is 53.4 Å². The number of hydrogen-bond donors (Lipinski definition) is 3. The van der Waals surface area contributed by atoms with Gasteiger partial charge >= 0.3 is 0 Å². The summed E-state index contributed by atoms with van der Waals surface area (Å²) in [5.41, 5.74) is 4.30. The Morgan fingerprint density at radius 3 is 2.26 bits per heavy atom. The number of nitrogens with one attached hydrogen (secondary N) is 2. The SMILES string of the molecule is Cc1ccc(NS(=O)(=O)c2ccccc2NN)cc1. The number of benzene rings is 2. The molecular formula is C13H15N3O2S. The van der Waals surface area contributed by atoms with Crippen LogP contribution in [0.1, 0.15) is 5.56 Å². The molecule has 100 valence electrons. The Hall–Kier alpha value is -2.05. The summed E-state index contributed by atoms with van der Waals surface area (Å²) < 4.78 is 27.0. The van der Waals surface area contributed by atoms with Crippen molar-refractivity contribution in [2.45, 2.75) is 11.8 Å². The lowest BCUT2D eigenvalue weighted by Gasteiger charge is -2.11. The zero-order valence-corrected chi connectivity index (χ0v) is 11.2.